The van der Waals surface area contributed by atoms with Crippen LogP contribution in [0.25, 0.3) is 0 Å². The molecule has 7 heteroatoms. The third-order valence-corrected chi connectivity index (χ3v) is 2.42. The number of aliphatic carboxylic acids is 1. The number of carbonyl (C=O) groups is 2. The first-order valence-corrected chi connectivity index (χ1v) is 5.45. The number of anilines is 1. The fraction of sp³-hybridized carbons (Fsp3) is 0.273. The van der Waals surface area contributed by atoms with Crippen LogP contribution in [0.2, 0.25) is 5.02 Å². The number of halogens is 1. The molecule has 0 aliphatic carbocycles. The average Bonchev–Trinajstić information content (AvgIpc) is 2.28. The Morgan fingerprint density at radius 2 is 2.11 bits per heavy atom. The Labute approximate surface area is 109 Å². The molecule has 0 aliphatic heterocycles. The van der Waals surface area contributed by atoms with Crippen LogP contribution in [0.5, 0.6) is 5.75 Å². The number of benzene rings is 1. The topological polar surface area (TPSA) is 87.7 Å². The summed E-state index contributed by atoms with van der Waals surface area (Å²) in [7, 11) is 1.48. The van der Waals surface area contributed by atoms with Gasteiger partial charge >= 0.3 is 12.0 Å². The Hall–Kier alpha value is -1.95. The molecule has 0 fully saturated rings. The van der Waals surface area contributed by atoms with Gasteiger partial charge in [0.25, 0.3) is 0 Å². The first kappa shape index (κ1) is 14.1. The molecule has 18 heavy (non-hydrogen) atoms. The summed E-state index contributed by atoms with van der Waals surface area (Å²) in [5.41, 5.74) is 0.441. The van der Waals surface area contributed by atoms with Crippen LogP contribution in [0.3, 0.4) is 0 Å². The molecule has 1 rings (SSSR count). The highest BCUT2D eigenvalue weighted by molar-refractivity contribution is 6.32. The third kappa shape index (κ3) is 3.81. The van der Waals surface area contributed by atoms with Crippen molar-refractivity contribution in [3.8, 4) is 5.75 Å². The molecule has 0 aliphatic rings. The molecule has 1 aromatic carbocycles. The van der Waals surface area contributed by atoms with E-state index in [1.807, 2.05) is 0 Å². The molecular formula is C11H13ClN2O4. The van der Waals surface area contributed by atoms with Crippen LogP contribution in [-0.2, 0) is 4.79 Å². The van der Waals surface area contributed by atoms with Crippen LogP contribution in [-0.4, -0.2) is 30.3 Å². The molecular weight excluding hydrogens is 260 g/mol. The van der Waals surface area contributed by atoms with Gasteiger partial charge < -0.3 is 20.5 Å². The van der Waals surface area contributed by atoms with E-state index < -0.39 is 18.0 Å². The molecule has 0 bridgehead atoms. The number of nitrogens with one attached hydrogen (secondary N) is 2. The van der Waals surface area contributed by atoms with Gasteiger partial charge in [-0.1, -0.05) is 11.6 Å². The molecule has 0 saturated carbocycles. The van der Waals surface area contributed by atoms with Crippen molar-refractivity contribution in [3.05, 3.63) is 23.2 Å². The van der Waals surface area contributed by atoms with Gasteiger partial charge in [0.15, 0.2) is 0 Å². The zero-order chi connectivity index (χ0) is 13.7. The Balaban J connectivity index is 2.65. The number of carboxylic acids is 1. The minimum atomic E-state index is -1.11. The molecule has 0 saturated heterocycles. The fourth-order valence-electron chi connectivity index (χ4n) is 1.17. The monoisotopic (exact) mass is 272 g/mol. The molecule has 1 unspecified atom stereocenters. The quantitative estimate of drug-likeness (QED) is 0.782. The number of hydrogen-bond donors (Lipinski definition) is 3. The zero-order valence-electron chi connectivity index (χ0n) is 9.86. The summed E-state index contributed by atoms with van der Waals surface area (Å²) in [4.78, 5) is 22.0. The summed E-state index contributed by atoms with van der Waals surface area (Å²) >= 11 is 5.88. The largest absolute Gasteiger partial charge is 0.495 e. The molecule has 2 amide bonds. The summed E-state index contributed by atoms with van der Waals surface area (Å²) in [6, 6.07) is 3.10. The summed E-state index contributed by atoms with van der Waals surface area (Å²) in [6.45, 7) is 1.36. The van der Waals surface area contributed by atoms with Crippen LogP contribution in [0.15, 0.2) is 18.2 Å². The molecule has 0 heterocycles. The zero-order valence-corrected chi connectivity index (χ0v) is 10.6. The van der Waals surface area contributed by atoms with E-state index in [-0.39, 0.29) is 0 Å². The van der Waals surface area contributed by atoms with E-state index in [0.29, 0.717) is 16.5 Å². The number of carboxylic acid groups (broad SMARTS) is 1. The van der Waals surface area contributed by atoms with E-state index in [2.05, 4.69) is 10.6 Å². The van der Waals surface area contributed by atoms with Crippen molar-refractivity contribution in [2.45, 2.75) is 13.0 Å². The van der Waals surface area contributed by atoms with E-state index in [4.69, 9.17) is 21.4 Å². The number of urea groups is 1. The maximum atomic E-state index is 11.4. The predicted molar refractivity (Wildman–Crippen MR) is 67.3 cm³/mol. The normalized spacial score (nSPS) is 11.5. The first-order valence-electron chi connectivity index (χ1n) is 5.08. The van der Waals surface area contributed by atoms with Crippen molar-refractivity contribution in [1.29, 1.82) is 0 Å². The Morgan fingerprint density at radius 1 is 1.44 bits per heavy atom. The van der Waals surface area contributed by atoms with E-state index in [9.17, 15) is 9.59 Å². The minimum Gasteiger partial charge on any atom is -0.495 e. The van der Waals surface area contributed by atoms with Crippen LogP contribution >= 0.6 is 11.6 Å². The van der Waals surface area contributed by atoms with Gasteiger partial charge in [0.05, 0.1) is 12.1 Å². The second kappa shape index (κ2) is 6.11. The Morgan fingerprint density at radius 3 is 2.61 bits per heavy atom. The van der Waals surface area contributed by atoms with Crippen molar-refractivity contribution in [1.82, 2.24) is 5.32 Å². The number of amides is 2. The Kier molecular flexibility index (Phi) is 4.79. The van der Waals surface area contributed by atoms with Gasteiger partial charge in [-0.25, -0.2) is 4.79 Å². The maximum Gasteiger partial charge on any atom is 0.325 e. The van der Waals surface area contributed by atoms with E-state index >= 15 is 0 Å². The fourth-order valence-corrected chi connectivity index (χ4v) is 1.43. The van der Waals surface area contributed by atoms with Crippen molar-refractivity contribution in [2.75, 3.05) is 12.4 Å². The summed E-state index contributed by atoms with van der Waals surface area (Å²) in [5.74, 6) is -0.626. The first-order chi connectivity index (χ1) is 8.43. The van der Waals surface area contributed by atoms with Crippen molar-refractivity contribution in [3.63, 3.8) is 0 Å². The summed E-state index contributed by atoms with van der Waals surface area (Å²) in [6.07, 6.45) is 0. The predicted octanol–water partition coefficient (Wildman–Crippen LogP) is 1.94. The van der Waals surface area contributed by atoms with Crippen molar-refractivity contribution in [2.24, 2.45) is 0 Å². The van der Waals surface area contributed by atoms with Crippen LogP contribution < -0.4 is 15.4 Å². The van der Waals surface area contributed by atoms with Gasteiger partial charge in [0.1, 0.15) is 11.8 Å². The molecule has 1 aromatic rings. The van der Waals surface area contributed by atoms with Crippen molar-refractivity contribution >= 4 is 29.3 Å². The molecule has 0 radical (unpaired) electrons. The maximum absolute atomic E-state index is 11.4. The Bertz CT molecular complexity index is 464. The lowest BCUT2D eigenvalue weighted by atomic mass is 10.3. The molecule has 0 spiro atoms. The lowest BCUT2D eigenvalue weighted by Gasteiger charge is -2.11. The molecule has 98 valence electrons. The van der Waals surface area contributed by atoms with E-state index in [0.717, 1.165) is 0 Å². The van der Waals surface area contributed by atoms with Crippen LogP contribution in [0.1, 0.15) is 6.92 Å². The standard InChI is InChI=1S/C11H13ClN2O4/c1-6(10(15)16)13-11(17)14-7-3-4-9(18-2)8(12)5-7/h3-6H,1-2H3,(H,15,16)(H2,13,14,17). The van der Waals surface area contributed by atoms with Gasteiger partial charge in [0.2, 0.25) is 0 Å². The molecule has 6 nitrogen and oxygen atoms in total. The lowest BCUT2D eigenvalue weighted by molar-refractivity contribution is -0.138. The van der Waals surface area contributed by atoms with Crippen LogP contribution in [0, 0.1) is 0 Å². The minimum absolute atomic E-state index is 0.349. The number of hydrogen-bond acceptors (Lipinski definition) is 3. The molecule has 1 atom stereocenters. The number of methoxy groups -OCH3 is 1. The van der Waals surface area contributed by atoms with Gasteiger partial charge in [-0.2, -0.15) is 0 Å². The molecule has 0 aromatic heterocycles. The average molecular weight is 273 g/mol. The van der Waals surface area contributed by atoms with Gasteiger partial charge in [-0.3, -0.25) is 4.79 Å². The van der Waals surface area contributed by atoms with Gasteiger partial charge in [-0.05, 0) is 25.1 Å². The van der Waals surface area contributed by atoms with Gasteiger partial charge in [0, 0.05) is 5.69 Å². The van der Waals surface area contributed by atoms with E-state index in [1.54, 1.807) is 12.1 Å². The van der Waals surface area contributed by atoms with E-state index in [1.165, 1.54) is 20.1 Å². The highest BCUT2D eigenvalue weighted by atomic mass is 35.5. The number of carbonyl (C=O) groups excluding carboxylic acids is 1. The summed E-state index contributed by atoms with van der Waals surface area (Å²) < 4.78 is 4.96. The summed E-state index contributed by atoms with van der Waals surface area (Å²) in [5, 5.41) is 13.7. The SMILES string of the molecule is COc1ccc(NC(=O)NC(C)C(=O)O)cc1Cl. The van der Waals surface area contributed by atoms with Crippen LogP contribution in [0.4, 0.5) is 10.5 Å². The number of rotatable bonds is 4. The third-order valence-electron chi connectivity index (χ3n) is 2.13. The highest BCUT2D eigenvalue weighted by Gasteiger charge is 2.14. The van der Waals surface area contributed by atoms with Crippen molar-refractivity contribution < 1.29 is 19.4 Å². The highest BCUT2D eigenvalue weighted by Crippen LogP contribution is 2.27. The smallest absolute Gasteiger partial charge is 0.325 e. The second-order valence-corrected chi connectivity index (χ2v) is 3.91. The second-order valence-electron chi connectivity index (χ2n) is 3.51. The lowest BCUT2D eigenvalue weighted by Crippen LogP contribution is -2.40. The molecule has 3 N–H and O–H groups in total. The van der Waals surface area contributed by atoms with Gasteiger partial charge in [-0.15, -0.1) is 0 Å². The number of ether oxygens (including phenoxy) is 1.